The van der Waals surface area contributed by atoms with E-state index in [-0.39, 0.29) is 29.3 Å². The lowest BCUT2D eigenvalue weighted by atomic mass is 9.77. The Kier molecular flexibility index (Phi) is 4.93. The van der Waals surface area contributed by atoms with Gasteiger partial charge >= 0.3 is 0 Å². The van der Waals surface area contributed by atoms with Gasteiger partial charge in [0, 0.05) is 12.0 Å². The monoisotopic (exact) mass is 315 g/mol. The number of benzene rings is 1. The highest BCUT2D eigenvalue weighted by Gasteiger charge is 2.42. The Bertz CT molecular complexity index is 594. The van der Waals surface area contributed by atoms with Gasteiger partial charge in [-0.05, 0) is 58.6 Å². The number of nitrogens with zero attached hydrogens (tertiary/aromatic N) is 1. The van der Waals surface area contributed by atoms with Gasteiger partial charge in [0.25, 0.3) is 0 Å². The van der Waals surface area contributed by atoms with Crippen LogP contribution in [-0.2, 0) is 4.74 Å². The van der Waals surface area contributed by atoms with Gasteiger partial charge in [0.2, 0.25) is 0 Å². The first-order valence-corrected chi connectivity index (χ1v) is 8.03. The van der Waals surface area contributed by atoms with Crippen molar-refractivity contribution in [2.24, 2.45) is 5.92 Å². The summed E-state index contributed by atoms with van der Waals surface area (Å²) in [7, 11) is 0. The lowest BCUT2D eigenvalue weighted by Gasteiger charge is -2.46. The summed E-state index contributed by atoms with van der Waals surface area (Å²) in [5.74, 6) is -0.0554. The van der Waals surface area contributed by atoms with E-state index < -0.39 is 6.10 Å². The highest BCUT2D eigenvalue weighted by molar-refractivity contribution is 5.96. The Labute approximate surface area is 138 Å². The number of hydrogen-bond donors (Lipinski definition) is 1. The van der Waals surface area contributed by atoms with E-state index in [0.717, 1.165) is 12.8 Å². The summed E-state index contributed by atoms with van der Waals surface area (Å²) < 4.78 is 6.03. The van der Waals surface area contributed by atoms with Crippen molar-refractivity contribution in [3.8, 4) is 6.07 Å². The number of ketones is 1. The first-order valence-electron chi connectivity index (χ1n) is 8.03. The van der Waals surface area contributed by atoms with Gasteiger partial charge in [0.15, 0.2) is 5.78 Å². The highest BCUT2D eigenvalue weighted by Crippen LogP contribution is 2.40. The molecule has 0 amide bonds. The summed E-state index contributed by atoms with van der Waals surface area (Å²) in [6.45, 7) is 8.10. The molecular weight excluding hydrogens is 290 g/mol. The quantitative estimate of drug-likeness (QED) is 0.864. The zero-order valence-corrected chi connectivity index (χ0v) is 14.3. The van der Waals surface area contributed by atoms with Gasteiger partial charge in [-0.1, -0.05) is 12.1 Å². The molecule has 4 nitrogen and oxygen atoms in total. The van der Waals surface area contributed by atoms with Crippen LogP contribution in [0.3, 0.4) is 0 Å². The van der Waals surface area contributed by atoms with Crippen molar-refractivity contribution in [2.75, 3.05) is 0 Å². The molecule has 1 N–H and O–H groups in total. The number of rotatable bonds is 4. The maximum absolute atomic E-state index is 12.3. The number of carbonyl (C=O) groups excluding carboxylic acids is 1. The van der Waals surface area contributed by atoms with Gasteiger partial charge in [-0.25, -0.2) is 0 Å². The van der Waals surface area contributed by atoms with E-state index in [4.69, 9.17) is 10.00 Å². The number of hydrogen-bond acceptors (Lipinski definition) is 4. The second-order valence-electron chi connectivity index (χ2n) is 7.67. The topological polar surface area (TPSA) is 70.3 Å². The van der Waals surface area contributed by atoms with Gasteiger partial charge in [0.05, 0.1) is 28.9 Å². The van der Waals surface area contributed by atoms with Gasteiger partial charge in [-0.3, -0.25) is 4.79 Å². The number of carbonyl (C=O) groups is 1. The maximum Gasteiger partial charge on any atom is 0.165 e. The van der Waals surface area contributed by atoms with Crippen molar-refractivity contribution in [2.45, 2.75) is 64.3 Å². The average Bonchev–Trinajstić information content (AvgIpc) is 2.44. The van der Waals surface area contributed by atoms with Crippen molar-refractivity contribution in [3.63, 3.8) is 0 Å². The van der Waals surface area contributed by atoms with Gasteiger partial charge in [-0.15, -0.1) is 0 Å². The number of ether oxygens (including phenoxy) is 1. The van der Waals surface area contributed by atoms with Crippen LogP contribution in [0, 0.1) is 17.2 Å². The van der Waals surface area contributed by atoms with E-state index in [1.54, 1.807) is 24.3 Å². The smallest absolute Gasteiger partial charge is 0.165 e. The average molecular weight is 315 g/mol. The lowest BCUT2D eigenvalue weighted by Crippen LogP contribution is -2.48. The van der Waals surface area contributed by atoms with Crippen LogP contribution in [0.25, 0.3) is 0 Å². The normalized spacial score (nSPS) is 21.4. The fourth-order valence-corrected chi connectivity index (χ4v) is 3.64. The minimum Gasteiger partial charge on any atom is -0.392 e. The third-order valence-electron chi connectivity index (χ3n) is 4.33. The first kappa shape index (κ1) is 17.7. The van der Waals surface area contributed by atoms with E-state index in [0.29, 0.717) is 11.1 Å². The van der Waals surface area contributed by atoms with Gasteiger partial charge < -0.3 is 9.84 Å². The molecule has 1 saturated heterocycles. The zero-order chi connectivity index (χ0) is 17.3. The molecule has 1 unspecified atom stereocenters. The zero-order valence-electron chi connectivity index (χ0n) is 14.3. The van der Waals surface area contributed by atoms with Crippen LogP contribution in [0.1, 0.15) is 62.9 Å². The standard InChI is InChI=1S/C19H25NO3/c1-18(2)10-15(11-19(3,4)23-18)17(22)9-16(21)14-7-5-13(12-20)6-8-14/h5-8,15,17,22H,9-11H2,1-4H3. The number of nitriles is 1. The molecular formula is C19H25NO3. The molecule has 1 heterocycles. The fraction of sp³-hybridized carbons (Fsp3) is 0.579. The third kappa shape index (κ3) is 4.63. The van der Waals surface area contributed by atoms with Crippen LogP contribution in [-0.4, -0.2) is 28.2 Å². The summed E-state index contributed by atoms with van der Waals surface area (Å²) in [6, 6.07) is 8.57. The Morgan fingerprint density at radius 2 is 1.78 bits per heavy atom. The summed E-state index contributed by atoms with van der Waals surface area (Å²) >= 11 is 0. The minimum absolute atomic E-state index is 0.0380. The molecule has 0 spiro atoms. The maximum atomic E-state index is 12.3. The molecule has 1 aromatic rings. The van der Waals surface area contributed by atoms with E-state index >= 15 is 0 Å². The number of aliphatic hydroxyl groups excluding tert-OH is 1. The van der Waals surface area contributed by atoms with E-state index in [1.807, 2.05) is 33.8 Å². The first-order chi connectivity index (χ1) is 10.6. The molecule has 0 bridgehead atoms. The molecule has 1 aliphatic rings. The Balaban J connectivity index is 2.04. The SMILES string of the molecule is CC1(C)CC(C(O)CC(=O)c2ccc(C#N)cc2)CC(C)(C)O1. The third-order valence-corrected chi connectivity index (χ3v) is 4.33. The second kappa shape index (κ2) is 6.43. The highest BCUT2D eigenvalue weighted by atomic mass is 16.5. The van der Waals surface area contributed by atoms with Crippen LogP contribution < -0.4 is 0 Å². The molecule has 1 aromatic carbocycles. The number of aliphatic hydroxyl groups is 1. The molecule has 4 heteroatoms. The molecule has 1 fully saturated rings. The van der Waals surface area contributed by atoms with Crippen LogP contribution in [0.2, 0.25) is 0 Å². The van der Waals surface area contributed by atoms with Gasteiger partial charge in [-0.2, -0.15) is 5.26 Å². The lowest BCUT2D eigenvalue weighted by molar-refractivity contribution is -0.185. The van der Waals surface area contributed by atoms with E-state index in [2.05, 4.69) is 0 Å². The van der Waals surface area contributed by atoms with Crippen LogP contribution in [0.4, 0.5) is 0 Å². The summed E-state index contributed by atoms with van der Waals surface area (Å²) in [6.07, 6.45) is 0.889. The fourth-order valence-electron chi connectivity index (χ4n) is 3.64. The molecule has 0 radical (unpaired) electrons. The predicted octanol–water partition coefficient (Wildman–Crippen LogP) is 3.48. The van der Waals surface area contributed by atoms with Crippen molar-refractivity contribution in [3.05, 3.63) is 35.4 Å². The molecule has 23 heavy (non-hydrogen) atoms. The molecule has 0 saturated carbocycles. The summed E-state index contributed by atoms with van der Waals surface area (Å²) in [4.78, 5) is 12.3. The Hall–Kier alpha value is -1.70. The largest absolute Gasteiger partial charge is 0.392 e. The number of Topliss-reactive ketones (excluding diaryl/α,β-unsaturated/α-hetero) is 1. The Morgan fingerprint density at radius 1 is 1.26 bits per heavy atom. The summed E-state index contributed by atoms with van der Waals surface area (Å²) in [5.41, 5.74) is 0.458. The molecule has 0 aliphatic carbocycles. The molecule has 1 aliphatic heterocycles. The second-order valence-corrected chi connectivity index (χ2v) is 7.67. The molecule has 1 atom stereocenters. The van der Waals surface area contributed by atoms with Crippen molar-refractivity contribution in [1.29, 1.82) is 5.26 Å². The van der Waals surface area contributed by atoms with Crippen molar-refractivity contribution in [1.82, 2.24) is 0 Å². The minimum atomic E-state index is -0.680. The van der Waals surface area contributed by atoms with Crippen LogP contribution >= 0.6 is 0 Å². The van der Waals surface area contributed by atoms with Crippen LogP contribution in [0.15, 0.2) is 24.3 Å². The molecule has 124 valence electrons. The van der Waals surface area contributed by atoms with Crippen molar-refractivity contribution >= 4 is 5.78 Å². The van der Waals surface area contributed by atoms with Crippen LogP contribution in [0.5, 0.6) is 0 Å². The van der Waals surface area contributed by atoms with E-state index in [1.165, 1.54) is 0 Å². The Morgan fingerprint density at radius 3 is 2.26 bits per heavy atom. The van der Waals surface area contributed by atoms with Gasteiger partial charge in [0.1, 0.15) is 0 Å². The molecule has 0 aromatic heterocycles. The van der Waals surface area contributed by atoms with E-state index in [9.17, 15) is 9.90 Å². The summed E-state index contributed by atoms with van der Waals surface area (Å²) in [5, 5.41) is 19.3. The molecule has 2 rings (SSSR count). The van der Waals surface area contributed by atoms with Crippen molar-refractivity contribution < 1.29 is 14.6 Å². The predicted molar refractivity (Wildman–Crippen MR) is 88.1 cm³/mol.